The zero-order chi connectivity index (χ0) is 9.97. The third-order valence-electron chi connectivity index (χ3n) is 3.04. The molecule has 0 amide bonds. The zero-order valence-corrected chi connectivity index (χ0v) is 9.06. The van der Waals surface area contributed by atoms with Crippen molar-refractivity contribution in [2.75, 3.05) is 13.1 Å². The van der Waals surface area contributed by atoms with Crippen LogP contribution in [0.2, 0.25) is 0 Å². The third-order valence-corrected chi connectivity index (χ3v) is 3.04. The van der Waals surface area contributed by atoms with Crippen molar-refractivity contribution in [2.24, 2.45) is 5.92 Å². The van der Waals surface area contributed by atoms with E-state index >= 15 is 0 Å². The van der Waals surface area contributed by atoms with Crippen LogP contribution >= 0.6 is 0 Å². The van der Waals surface area contributed by atoms with E-state index < -0.39 is 0 Å². The predicted molar refractivity (Wildman–Crippen MR) is 57.4 cm³/mol. The predicted octanol–water partition coefficient (Wildman–Crippen LogP) is 1.57. The van der Waals surface area contributed by atoms with Gasteiger partial charge >= 0.3 is 0 Å². The minimum atomic E-state index is 0.831. The van der Waals surface area contributed by atoms with Crippen LogP contribution < -0.4 is 5.32 Å². The lowest BCUT2D eigenvalue weighted by Crippen LogP contribution is -2.28. The Labute approximate surface area is 85.3 Å². The van der Waals surface area contributed by atoms with Gasteiger partial charge in [-0.2, -0.15) is 0 Å². The number of aryl methyl sites for hydroxylation is 2. The Morgan fingerprint density at radius 3 is 2.57 bits per heavy atom. The van der Waals surface area contributed by atoms with E-state index in [0.29, 0.717) is 0 Å². The number of aromatic amines is 1. The fourth-order valence-corrected chi connectivity index (χ4v) is 2.22. The second-order valence-corrected chi connectivity index (χ2v) is 4.29. The van der Waals surface area contributed by atoms with Crippen molar-refractivity contribution in [1.82, 2.24) is 15.3 Å². The summed E-state index contributed by atoms with van der Waals surface area (Å²) in [6, 6.07) is 0. The molecule has 14 heavy (non-hydrogen) atoms. The fourth-order valence-electron chi connectivity index (χ4n) is 2.22. The first-order valence-electron chi connectivity index (χ1n) is 5.48. The monoisotopic (exact) mass is 193 g/mol. The van der Waals surface area contributed by atoms with E-state index in [9.17, 15) is 0 Å². The summed E-state index contributed by atoms with van der Waals surface area (Å²) in [6.07, 6.45) is 3.74. The van der Waals surface area contributed by atoms with Crippen molar-refractivity contribution < 1.29 is 0 Å². The standard InChI is InChI=1S/C11H19N3/c1-8-11(14-9(2)13-8)7-10-3-5-12-6-4-10/h10,12H,3-7H2,1-2H3,(H,13,14). The highest BCUT2D eigenvalue weighted by Crippen LogP contribution is 2.18. The van der Waals surface area contributed by atoms with Crippen LogP contribution in [-0.2, 0) is 6.42 Å². The van der Waals surface area contributed by atoms with E-state index in [-0.39, 0.29) is 0 Å². The zero-order valence-electron chi connectivity index (χ0n) is 9.06. The molecule has 1 saturated heterocycles. The summed E-state index contributed by atoms with van der Waals surface area (Å²) in [5, 5.41) is 3.39. The molecule has 0 saturated carbocycles. The number of nitrogens with zero attached hydrogens (tertiary/aromatic N) is 1. The fraction of sp³-hybridized carbons (Fsp3) is 0.727. The summed E-state index contributed by atoms with van der Waals surface area (Å²) < 4.78 is 0. The van der Waals surface area contributed by atoms with Crippen molar-refractivity contribution in [3.05, 3.63) is 17.2 Å². The van der Waals surface area contributed by atoms with Crippen LogP contribution in [0, 0.1) is 19.8 Å². The highest BCUT2D eigenvalue weighted by molar-refractivity contribution is 5.13. The first-order valence-corrected chi connectivity index (χ1v) is 5.48. The molecule has 3 heteroatoms. The number of rotatable bonds is 2. The topological polar surface area (TPSA) is 40.7 Å². The van der Waals surface area contributed by atoms with Gasteiger partial charge in [0.05, 0.1) is 5.69 Å². The van der Waals surface area contributed by atoms with Gasteiger partial charge in [-0.15, -0.1) is 0 Å². The lowest BCUT2D eigenvalue weighted by molar-refractivity contribution is 0.370. The average Bonchev–Trinajstić information content (AvgIpc) is 2.47. The molecule has 2 rings (SSSR count). The molecule has 0 radical (unpaired) electrons. The number of piperidine rings is 1. The van der Waals surface area contributed by atoms with Crippen LogP contribution in [0.15, 0.2) is 0 Å². The first kappa shape index (κ1) is 9.71. The largest absolute Gasteiger partial charge is 0.346 e. The highest BCUT2D eigenvalue weighted by atomic mass is 14.9. The van der Waals surface area contributed by atoms with Crippen LogP contribution in [-0.4, -0.2) is 23.1 Å². The summed E-state index contributed by atoms with van der Waals surface area (Å²) in [7, 11) is 0. The molecule has 1 fully saturated rings. The molecule has 1 aromatic heterocycles. The van der Waals surface area contributed by atoms with Gasteiger partial charge < -0.3 is 10.3 Å². The van der Waals surface area contributed by atoms with Gasteiger partial charge in [-0.05, 0) is 52.1 Å². The van der Waals surface area contributed by atoms with Crippen LogP contribution in [0.1, 0.15) is 30.1 Å². The molecule has 0 atom stereocenters. The molecule has 1 aromatic rings. The molecule has 0 unspecified atom stereocenters. The maximum absolute atomic E-state index is 4.53. The van der Waals surface area contributed by atoms with Gasteiger partial charge in [0, 0.05) is 5.69 Å². The molecule has 0 aromatic carbocycles. The molecule has 78 valence electrons. The van der Waals surface area contributed by atoms with Crippen LogP contribution in [0.4, 0.5) is 0 Å². The molecule has 3 nitrogen and oxygen atoms in total. The van der Waals surface area contributed by atoms with Gasteiger partial charge in [-0.25, -0.2) is 4.98 Å². The summed E-state index contributed by atoms with van der Waals surface area (Å²) in [6.45, 7) is 6.50. The molecular formula is C11H19N3. The summed E-state index contributed by atoms with van der Waals surface area (Å²) in [4.78, 5) is 7.80. The first-order chi connectivity index (χ1) is 6.75. The van der Waals surface area contributed by atoms with Crippen molar-refractivity contribution in [1.29, 1.82) is 0 Å². The van der Waals surface area contributed by atoms with Crippen LogP contribution in [0.3, 0.4) is 0 Å². The Bertz CT molecular complexity index is 297. The van der Waals surface area contributed by atoms with E-state index in [1.165, 1.54) is 37.3 Å². The Morgan fingerprint density at radius 2 is 2.00 bits per heavy atom. The number of aromatic nitrogens is 2. The number of H-pyrrole nitrogens is 1. The second kappa shape index (κ2) is 4.13. The third kappa shape index (κ3) is 2.15. The number of imidazole rings is 1. The molecule has 1 aliphatic heterocycles. The Morgan fingerprint density at radius 1 is 1.29 bits per heavy atom. The maximum Gasteiger partial charge on any atom is 0.103 e. The lowest BCUT2D eigenvalue weighted by atomic mass is 9.93. The summed E-state index contributed by atoms with van der Waals surface area (Å²) in [5.74, 6) is 1.88. The molecule has 2 N–H and O–H groups in total. The van der Waals surface area contributed by atoms with Gasteiger partial charge in [0.25, 0.3) is 0 Å². The van der Waals surface area contributed by atoms with Crippen LogP contribution in [0.5, 0.6) is 0 Å². The van der Waals surface area contributed by atoms with Crippen molar-refractivity contribution in [2.45, 2.75) is 33.1 Å². The van der Waals surface area contributed by atoms with Gasteiger partial charge in [0.2, 0.25) is 0 Å². The highest BCUT2D eigenvalue weighted by Gasteiger charge is 2.16. The molecule has 1 aliphatic rings. The summed E-state index contributed by atoms with van der Waals surface area (Å²) >= 11 is 0. The van der Waals surface area contributed by atoms with E-state index in [0.717, 1.165) is 18.2 Å². The molecule has 0 bridgehead atoms. The number of nitrogens with one attached hydrogen (secondary N) is 2. The molecule has 0 aliphatic carbocycles. The molecule has 2 heterocycles. The van der Waals surface area contributed by atoms with Crippen molar-refractivity contribution >= 4 is 0 Å². The van der Waals surface area contributed by atoms with E-state index in [2.05, 4.69) is 22.2 Å². The number of hydrogen-bond donors (Lipinski definition) is 2. The minimum absolute atomic E-state index is 0.831. The lowest BCUT2D eigenvalue weighted by Gasteiger charge is -2.21. The average molecular weight is 193 g/mol. The molecular weight excluding hydrogens is 174 g/mol. The SMILES string of the molecule is Cc1nc(CC2CCNCC2)c(C)[nH]1. The van der Waals surface area contributed by atoms with Crippen molar-refractivity contribution in [3.8, 4) is 0 Å². The Hall–Kier alpha value is -0.830. The Balaban J connectivity index is 1.98. The maximum atomic E-state index is 4.53. The quantitative estimate of drug-likeness (QED) is 0.748. The van der Waals surface area contributed by atoms with Gasteiger partial charge in [0.15, 0.2) is 0 Å². The summed E-state index contributed by atoms with van der Waals surface area (Å²) in [5.41, 5.74) is 2.52. The van der Waals surface area contributed by atoms with Gasteiger partial charge in [-0.3, -0.25) is 0 Å². The van der Waals surface area contributed by atoms with E-state index in [4.69, 9.17) is 0 Å². The smallest absolute Gasteiger partial charge is 0.103 e. The van der Waals surface area contributed by atoms with Crippen LogP contribution in [0.25, 0.3) is 0 Å². The van der Waals surface area contributed by atoms with Crippen molar-refractivity contribution in [3.63, 3.8) is 0 Å². The minimum Gasteiger partial charge on any atom is -0.346 e. The normalized spacial score (nSPS) is 18.7. The Kier molecular flexibility index (Phi) is 2.87. The van der Waals surface area contributed by atoms with E-state index in [1.807, 2.05) is 6.92 Å². The molecule has 0 spiro atoms. The second-order valence-electron chi connectivity index (χ2n) is 4.29. The number of hydrogen-bond acceptors (Lipinski definition) is 2. The van der Waals surface area contributed by atoms with Gasteiger partial charge in [0.1, 0.15) is 5.82 Å². The van der Waals surface area contributed by atoms with Gasteiger partial charge in [-0.1, -0.05) is 0 Å². The van der Waals surface area contributed by atoms with E-state index in [1.54, 1.807) is 0 Å².